The zero-order valence-electron chi connectivity index (χ0n) is 17.4. The number of benzene rings is 2. The monoisotopic (exact) mass is 476 g/mol. The molecule has 1 N–H and O–H groups in total. The highest BCUT2D eigenvalue weighted by atomic mass is 35.5. The number of aromatic nitrogens is 3. The van der Waals surface area contributed by atoms with E-state index in [0.717, 1.165) is 27.3 Å². The largest absolute Gasteiger partial charge is 0.480 e. The number of thiophene rings is 1. The molecule has 2 aliphatic rings. The number of hydrogen-bond acceptors (Lipinski definition) is 7. The number of esters is 1. The van der Waals surface area contributed by atoms with Crippen LogP contribution in [0.4, 0.5) is 5.95 Å². The maximum atomic E-state index is 11.9. The predicted octanol–water partition coefficient (Wildman–Crippen LogP) is 5.34. The van der Waals surface area contributed by atoms with Crippen LogP contribution in [0.3, 0.4) is 0 Å². The second kappa shape index (κ2) is 7.75. The number of halogens is 1. The molecule has 0 saturated carbocycles. The minimum atomic E-state index is -0.419. The Bertz CT molecular complexity index is 1400. The summed E-state index contributed by atoms with van der Waals surface area (Å²) in [7, 11) is 1.37. The molecule has 7 nitrogen and oxygen atoms in total. The summed E-state index contributed by atoms with van der Waals surface area (Å²) in [6.45, 7) is 0. The van der Waals surface area contributed by atoms with E-state index in [9.17, 15) is 4.79 Å². The van der Waals surface area contributed by atoms with Gasteiger partial charge in [0.2, 0.25) is 5.95 Å². The highest BCUT2D eigenvalue weighted by Gasteiger charge is 2.41. The van der Waals surface area contributed by atoms with Crippen molar-refractivity contribution in [3.05, 3.63) is 98.5 Å². The Morgan fingerprint density at radius 1 is 1.21 bits per heavy atom. The average molecular weight is 477 g/mol. The number of carbonyl (C=O) groups excluding carboxylic acids is 1. The summed E-state index contributed by atoms with van der Waals surface area (Å²) in [4.78, 5) is 17.5. The summed E-state index contributed by atoms with van der Waals surface area (Å²) >= 11 is 8.01. The van der Waals surface area contributed by atoms with Crippen molar-refractivity contribution in [2.24, 2.45) is 0 Å². The fourth-order valence-corrected chi connectivity index (χ4v) is 5.35. The summed E-state index contributed by atoms with van der Waals surface area (Å²) in [5.74, 6) is 0.986. The zero-order valence-corrected chi connectivity index (χ0v) is 18.9. The lowest BCUT2D eigenvalue weighted by Gasteiger charge is -2.38. The van der Waals surface area contributed by atoms with Crippen molar-refractivity contribution < 1.29 is 14.3 Å². The van der Waals surface area contributed by atoms with E-state index >= 15 is 0 Å². The van der Waals surface area contributed by atoms with Gasteiger partial charge < -0.3 is 14.8 Å². The number of hydrogen-bond donors (Lipinski definition) is 1. The Labute approximate surface area is 198 Å². The van der Waals surface area contributed by atoms with Crippen molar-refractivity contribution >= 4 is 40.6 Å². The molecule has 2 aliphatic heterocycles. The van der Waals surface area contributed by atoms with Gasteiger partial charge in [-0.1, -0.05) is 29.8 Å². The number of fused-ring (bicyclic) bond motifs is 3. The van der Waals surface area contributed by atoms with Crippen molar-refractivity contribution in [3.63, 3.8) is 0 Å². The van der Waals surface area contributed by atoms with Gasteiger partial charge in [-0.3, -0.25) is 0 Å². The Balaban J connectivity index is 1.57. The van der Waals surface area contributed by atoms with Gasteiger partial charge in [-0.2, -0.15) is 10.1 Å². The summed E-state index contributed by atoms with van der Waals surface area (Å²) in [5.41, 5.74) is 4.16. The average Bonchev–Trinajstić information content (AvgIpc) is 3.54. The van der Waals surface area contributed by atoms with Crippen molar-refractivity contribution in [3.8, 4) is 5.75 Å². The molecule has 0 fully saturated rings. The summed E-state index contributed by atoms with van der Waals surface area (Å²) < 4.78 is 13.3. The molecule has 6 rings (SSSR count). The van der Waals surface area contributed by atoms with E-state index in [-0.39, 0.29) is 12.0 Å². The normalized spacial score (nSPS) is 18.5. The van der Waals surface area contributed by atoms with Crippen LogP contribution < -0.4 is 10.1 Å². The first-order valence-electron chi connectivity index (χ1n) is 10.2. The minimum Gasteiger partial charge on any atom is -0.480 e. The van der Waals surface area contributed by atoms with Crippen LogP contribution in [0.5, 0.6) is 5.75 Å². The Hall–Kier alpha value is -3.62. The molecule has 164 valence electrons. The fourth-order valence-electron chi connectivity index (χ4n) is 4.35. The third-order valence-electron chi connectivity index (χ3n) is 5.82. The topological polar surface area (TPSA) is 78.3 Å². The quantitative estimate of drug-likeness (QED) is 0.402. The van der Waals surface area contributed by atoms with Gasteiger partial charge in [0.15, 0.2) is 0 Å². The molecule has 0 amide bonds. The SMILES string of the molecule is COC(=O)c1ccc(C2Oc3ccc(Cl)cc3C3=C2C(c2cccs2)n2ncnc2N3)cc1. The Morgan fingerprint density at radius 2 is 2.06 bits per heavy atom. The number of nitrogens with zero attached hydrogens (tertiary/aromatic N) is 3. The molecular formula is C24H17ClN4O3S. The summed E-state index contributed by atoms with van der Waals surface area (Å²) in [6, 6.07) is 16.8. The van der Waals surface area contributed by atoms with Gasteiger partial charge in [-0.05, 0) is 47.3 Å². The van der Waals surface area contributed by atoms with E-state index in [1.54, 1.807) is 29.8 Å². The zero-order chi connectivity index (χ0) is 22.5. The maximum absolute atomic E-state index is 11.9. The van der Waals surface area contributed by atoms with Crippen LogP contribution in [0.15, 0.2) is 71.9 Å². The number of ether oxygens (including phenoxy) is 2. The fraction of sp³-hybridized carbons (Fsp3) is 0.125. The van der Waals surface area contributed by atoms with Crippen LogP contribution in [-0.4, -0.2) is 27.8 Å². The molecule has 2 aromatic carbocycles. The van der Waals surface area contributed by atoms with Crippen LogP contribution >= 0.6 is 22.9 Å². The van der Waals surface area contributed by atoms with Crippen LogP contribution in [0.2, 0.25) is 5.02 Å². The molecule has 9 heteroatoms. The predicted molar refractivity (Wildman–Crippen MR) is 126 cm³/mol. The summed E-state index contributed by atoms with van der Waals surface area (Å²) in [5, 5.41) is 10.6. The number of rotatable bonds is 3. The number of carbonyl (C=O) groups is 1. The molecule has 2 unspecified atom stereocenters. The standard InChI is InChI=1S/C24H17ClN4O3S/c1-31-23(30)14-6-4-13(5-7-14)22-19-20(16-11-15(25)8-9-17(16)32-22)28-24-26-12-27-29(24)21(19)18-3-2-10-33-18/h2-12,21-22H,1H3,(H,26,27,28). The van der Waals surface area contributed by atoms with Gasteiger partial charge in [0.05, 0.1) is 18.4 Å². The van der Waals surface area contributed by atoms with E-state index in [2.05, 4.69) is 21.5 Å². The van der Waals surface area contributed by atoms with Crippen LogP contribution in [0.25, 0.3) is 5.70 Å². The van der Waals surface area contributed by atoms with Gasteiger partial charge in [0.25, 0.3) is 0 Å². The first-order chi connectivity index (χ1) is 16.1. The second-order valence-electron chi connectivity index (χ2n) is 7.65. The molecule has 0 bridgehead atoms. The molecule has 4 aromatic rings. The van der Waals surface area contributed by atoms with Gasteiger partial charge in [0.1, 0.15) is 24.2 Å². The lowest BCUT2D eigenvalue weighted by atomic mass is 9.86. The van der Waals surface area contributed by atoms with E-state index in [4.69, 9.17) is 21.1 Å². The number of nitrogens with one attached hydrogen (secondary N) is 1. The molecule has 2 atom stereocenters. The molecule has 33 heavy (non-hydrogen) atoms. The highest BCUT2D eigenvalue weighted by molar-refractivity contribution is 7.10. The van der Waals surface area contributed by atoms with E-state index < -0.39 is 6.10 Å². The third kappa shape index (κ3) is 3.21. The lowest BCUT2D eigenvalue weighted by molar-refractivity contribution is 0.0600. The van der Waals surface area contributed by atoms with Crippen molar-refractivity contribution in [1.29, 1.82) is 0 Å². The van der Waals surface area contributed by atoms with Crippen molar-refractivity contribution in [2.75, 3.05) is 12.4 Å². The van der Waals surface area contributed by atoms with E-state index in [1.165, 1.54) is 7.11 Å². The Morgan fingerprint density at radius 3 is 2.82 bits per heavy atom. The van der Waals surface area contributed by atoms with Crippen LogP contribution in [-0.2, 0) is 4.74 Å². The molecule has 0 aliphatic carbocycles. The van der Waals surface area contributed by atoms with E-state index in [1.807, 2.05) is 46.5 Å². The molecule has 0 spiro atoms. The number of anilines is 1. The molecule has 2 aromatic heterocycles. The molecule has 4 heterocycles. The third-order valence-corrected chi connectivity index (χ3v) is 6.98. The molecule has 0 radical (unpaired) electrons. The van der Waals surface area contributed by atoms with Crippen molar-refractivity contribution in [2.45, 2.75) is 12.1 Å². The first-order valence-corrected chi connectivity index (χ1v) is 11.5. The maximum Gasteiger partial charge on any atom is 0.337 e. The molecular weight excluding hydrogens is 460 g/mol. The van der Waals surface area contributed by atoms with Gasteiger partial charge >= 0.3 is 5.97 Å². The minimum absolute atomic E-state index is 0.212. The van der Waals surface area contributed by atoms with Gasteiger partial charge in [0, 0.05) is 21.0 Å². The van der Waals surface area contributed by atoms with Gasteiger partial charge in [-0.15, -0.1) is 11.3 Å². The Kier molecular flexibility index (Phi) is 4.70. The lowest BCUT2D eigenvalue weighted by Crippen LogP contribution is -2.32. The van der Waals surface area contributed by atoms with Crippen LogP contribution in [0, 0.1) is 0 Å². The van der Waals surface area contributed by atoms with Crippen molar-refractivity contribution in [1.82, 2.24) is 14.8 Å². The molecule has 0 saturated heterocycles. The summed E-state index contributed by atoms with van der Waals surface area (Å²) in [6.07, 6.45) is 1.12. The second-order valence-corrected chi connectivity index (χ2v) is 9.07. The first kappa shape index (κ1) is 20.0. The van der Waals surface area contributed by atoms with Gasteiger partial charge in [-0.25, -0.2) is 9.48 Å². The number of methoxy groups -OCH3 is 1. The highest BCUT2D eigenvalue weighted by Crippen LogP contribution is 2.51. The van der Waals surface area contributed by atoms with Crippen LogP contribution in [0.1, 0.15) is 38.5 Å². The van der Waals surface area contributed by atoms with E-state index in [0.29, 0.717) is 22.3 Å². The smallest absolute Gasteiger partial charge is 0.337 e.